The number of nitrogens with one attached hydrogen (secondary N) is 1. The van der Waals surface area contributed by atoms with E-state index in [0.717, 1.165) is 0 Å². The number of allylic oxidation sites excluding steroid dienone is 4. The molecule has 1 aliphatic rings. The first-order valence-corrected chi connectivity index (χ1v) is 4.91. The average molecular weight is 210 g/mol. The zero-order valence-electron chi connectivity index (χ0n) is 6.95. The SMILES string of the molecule is O=S(=O)=C1C=CC=CC1c1nnn[nH]1. The van der Waals surface area contributed by atoms with E-state index in [4.69, 9.17) is 0 Å². The number of H-pyrrole nitrogens is 1. The minimum absolute atomic E-state index is 0.256. The smallest absolute Gasteiger partial charge is 0.218 e. The molecule has 6 nitrogen and oxygen atoms in total. The van der Waals surface area contributed by atoms with Gasteiger partial charge in [-0.1, -0.05) is 18.2 Å². The van der Waals surface area contributed by atoms with Crippen LogP contribution >= 0.6 is 0 Å². The second-order valence-electron chi connectivity index (χ2n) is 2.65. The van der Waals surface area contributed by atoms with Gasteiger partial charge in [0.2, 0.25) is 10.3 Å². The highest BCUT2D eigenvalue weighted by Gasteiger charge is 2.19. The lowest BCUT2D eigenvalue weighted by Gasteiger charge is -2.08. The van der Waals surface area contributed by atoms with Crippen molar-refractivity contribution in [1.82, 2.24) is 20.6 Å². The first-order valence-electron chi connectivity index (χ1n) is 3.83. The highest BCUT2D eigenvalue weighted by atomic mass is 32.2. The Hall–Kier alpha value is -1.76. The second kappa shape index (κ2) is 3.54. The van der Waals surface area contributed by atoms with Crippen LogP contribution in [-0.4, -0.2) is 33.9 Å². The van der Waals surface area contributed by atoms with Crippen LogP contribution in [0.1, 0.15) is 11.7 Å². The molecule has 0 saturated heterocycles. The van der Waals surface area contributed by atoms with Crippen LogP contribution in [0.2, 0.25) is 0 Å². The predicted octanol–water partition coefficient (Wildman–Crippen LogP) is -0.539. The number of hydrogen-bond acceptors (Lipinski definition) is 5. The van der Waals surface area contributed by atoms with Crippen LogP contribution < -0.4 is 0 Å². The molecule has 0 saturated carbocycles. The molecule has 0 spiro atoms. The Morgan fingerprint density at radius 3 is 2.86 bits per heavy atom. The van der Waals surface area contributed by atoms with Crippen LogP contribution in [0.5, 0.6) is 0 Å². The van der Waals surface area contributed by atoms with E-state index in [1.54, 1.807) is 18.2 Å². The van der Waals surface area contributed by atoms with E-state index in [1.165, 1.54) is 6.08 Å². The Morgan fingerprint density at radius 1 is 1.36 bits per heavy atom. The summed E-state index contributed by atoms with van der Waals surface area (Å²) in [6, 6.07) is 0. The molecule has 0 amide bonds. The van der Waals surface area contributed by atoms with Gasteiger partial charge in [-0.3, -0.25) is 0 Å². The summed E-state index contributed by atoms with van der Waals surface area (Å²) in [6.45, 7) is 0. The summed E-state index contributed by atoms with van der Waals surface area (Å²) in [5.41, 5.74) is 0. The molecule has 0 aliphatic heterocycles. The van der Waals surface area contributed by atoms with E-state index in [1.807, 2.05) is 0 Å². The van der Waals surface area contributed by atoms with Crippen molar-refractivity contribution < 1.29 is 8.42 Å². The fourth-order valence-electron chi connectivity index (χ4n) is 1.21. The molecule has 1 aromatic rings. The minimum Gasteiger partial charge on any atom is -0.242 e. The van der Waals surface area contributed by atoms with Gasteiger partial charge in [-0.05, 0) is 16.5 Å². The molecular formula is C7H6N4O2S. The van der Waals surface area contributed by atoms with Gasteiger partial charge in [-0.2, -0.15) is 8.42 Å². The first kappa shape index (κ1) is 8.82. The van der Waals surface area contributed by atoms with Crippen molar-refractivity contribution >= 4 is 15.2 Å². The van der Waals surface area contributed by atoms with Gasteiger partial charge in [0.1, 0.15) is 0 Å². The molecule has 0 aromatic carbocycles. The zero-order chi connectivity index (χ0) is 9.97. The molecule has 2 rings (SSSR count). The molecule has 1 N–H and O–H groups in total. The van der Waals surface area contributed by atoms with Crippen molar-refractivity contribution in [3.8, 4) is 0 Å². The molecule has 1 aliphatic carbocycles. The van der Waals surface area contributed by atoms with Gasteiger partial charge >= 0.3 is 0 Å². The van der Waals surface area contributed by atoms with Gasteiger partial charge in [-0.15, -0.1) is 5.10 Å². The van der Waals surface area contributed by atoms with Gasteiger partial charge in [0, 0.05) is 0 Å². The number of rotatable bonds is 1. The van der Waals surface area contributed by atoms with Crippen molar-refractivity contribution in [2.45, 2.75) is 5.92 Å². The number of aromatic amines is 1. The first-order chi connectivity index (χ1) is 6.79. The Bertz CT molecular complexity index is 504. The molecule has 0 bridgehead atoms. The number of tetrazole rings is 1. The van der Waals surface area contributed by atoms with Crippen LogP contribution in [0.15, 0.2) is 24.3 Å². The van der Waals surface area contributed by atoms with Crippen LogP contribution in [0.4, 0.5) is 0 Å². The summed E-state index contributed by atoms with van der Waals surface area (Å²) in [7, 11) is -2.25. The van der Waals surface area contributed by atoms with Gasteiger partial charge in [0.15, 0.2) is 5.82 Å². The molecule has 72 valence electrons. The number of aromatic nitrogens is 4. The Balaban J connectivity index is 2.51. The average Bonchev–Trinajstić information content (AvgIpc) is 2.70. The fraction of sp³-hybridized carbons (Fsp3) is 0.143. The van der Waals surface area contributed by atoms with Gasteiger partial charge < -0.3 is 0 Å². The maximum atomic E-state index is 10.9. The fourth-order valence-corrected chi connectivity index (χ4v) is 1.79. The van der Waals surface area contributed by atoms with E-state index in [2.05, 4.69) is 20.6 Å². The van der Waals surface area contributed by atoms with E-state index < -0.39 is 16.2 Å². The standard InChI is InChI=1S/C7H6N4O2S/c12-14(13)6-4-2-1-3-5(6)7-8-10-11-9-7/h1-5H,(H,8,9,10,11). The topological polar surface area (TPSA) is 88.6 Å². The summed E-state index contributed by atoms with van der Waals surface area (Å²) >= 11 is 0. The lowest BCUT2D eigenvalue weighted by molar-refractivity contribution is 0.626. The van der Waals surface area contributed by atoms with Gasteiger partial charge in [0.25, 0.3) is 0 Å². The third-order valence-electron chi connectivity index (χ3n) is 1.83. The third kappa shape index (κ3) is 1.49. The lowest BCUT2D eigenvalue weighted by Crippen LogP contribution is -2.12. The summed E-state index contributed by atoms with van der Waals surface area (Å²) in [5.74, 6) is 0.0122. The largest absolute Gasteiger partial charge is 0.242 e. The molecule has 1 atom stereocenters. The van der Waals surface area contributed by atoms with Crippen molar-refractivity contribution in [1.29, 1.82) is 0 Å². The normalized spacial score (nSPS) is 20.0. The van der Waals surface area contributed by atoms with Crippen molar-refractivity contribution in [3.63, 3.8) is 0 Å². The van der Waals surface area contributed by atoms with E-state index in [9.17, 15) is 8.42 Å². The summed E-state index contributed by atoms with van der Waals surface area (Å²) in [4.78, 5) is 0.256. The Labute approximate surface area is 80.9 Å². The van der Waals surface area contributed by atoms with E-state index in [-0.39, 0.29) is 4.86 Å². The summed E-state index contributed by atoms with van der Waals surface area (Å²) < 4.78 is 21.7. The van der Waals surface area contributed by atoms with Gasteiger partial charge in [0.05, 0.1) is 10.8 Å². The molecular weight excluding hydrogens is 204 g/mol. The van der Waals surface area contributed by atoms with Crippen molar-refractivity contribution in [3.05, 3.63) is 30.1 Å². The lowest BCUT2D eigenvalue weighted by atomic mass is 10.0. The van der Waals surface area contributed by atoms with Gasteiger partial charge in [-0.25, -0.2) is 5.10 Å². The number of hydrogen-bond donors (Lipinski definition) is 1. The Morgan fingerprint density at radius 2 is 2.21 bits per heavy atom. The summed E-state index contributed by atoms with van der Waals surface area (Å²) in [6.07, 6.45) is 6.65. The molecule has 1 aromatic heterocycles. The van der Waals surface area contributed by atoms with E-state index >= 15 is 0 Å². The minimum atomic E-state index is -2.25. The predicted molar refractivity (Wildman–Crippen MR) is 49.1 cm³/mol. The van der Waals surface area contributed by atoms with Crippen molar-refractivity contribution in [2.24, 2.45) is 0 Å². The van der Waals surface area contributed by atoms with Crippen LogP contribution in [0.3, 0.4) is 0 Å². The molecule has 7 heteroatoms. The molecule has 0 fully saturated rings. The molecule has 0 radical (unpaired) electrons. The molecule has 14 heavy (non-hydrogen) atoms. The second-order valence-corrected chi connectivity index (χ2v) is 3.59. The highest BCUT2D eigenvalue weighted by molar-refractivity contribution is 7.73. The van der Waals surface area contributed by atoms with Crippen LogP contribution in [0.25, 0.3) is 0 Å². The quantitative estimate of drug-likeness (QED) is 0.629. The third-order valence-corrected chi connectivity index (χ3v) is 2.61. The maximum Gasteiger partial charge on any atom is 0.218 e. The number of nitrogens with zero attached hydrogens (tertiary/aromatic N) is 3. The molecule has 1 heterocycles. The summed E-state index contributed by atoms with van der Waals surface area (Å²) in [5, 5.41) is 13.0. The van der Waals surface area contributed by atoms with Crippen molar-refractivity contribution in [2.75, 3.05) is 0 Å². The maximum absolute atomic E-state index is 10.9. The van der Waals surface area contributed by atoms with Crippen LogP contribution in [0, 0.1) is 0 Å². The Kier molecular flexibility index (Phi) is 2.23. The van der Waals surface area contributed by atoms with E-state index in [0.29, 0.717) is 5.82 Å². The molecule has 1 unspecified atom stereocenters. The monoisotopic (exact) mass is 210 g/mol. The van der Waals surface area contributed by atoms with Crippen LogP contribution in [-0.2, 0) is 10.3 Å². The zero-order valence-corrected chi connectivity index (χ0v) is 7.77. The highest BCUT2D eigenvalue weighted by Crippen LogP contribution is 2.17.